The van der Waals surface area contributed by atoms with Gasteiger partial charge in [0, 0.05) is 6.42 Å². The minimum Gasteiger partial charge on any atom is -0.300 e. The van der Waals surface area contributed by atoms with E-state index in [4.69, 9.17) is 0 Å². The van der Waals surface area contributed by atoms with Crippen LogP contribution in [-0.4, -0.2) is 16.1 Å². The monoisotopic (exact) mass is 355 g/mol. The molecule has 1 atom stereocenters. The molecule has 1 heterocycles. The second-order valence-corrected chi connectivity index (χ2v) is 6.93. The van der Waals surface area contributed by atoms with Crippen LogP contribution in [0, 0.1) is 5.82 Å². The maximum atomic E-state index is 12.9. The van der Waals surface area contributed by atoms with Gasteiger partial charge in [0.2, 0.25) is 11.0 Å². The van der Waals surface area contributed by atoms with E-state index in [0.717, 1.165) is 17.0 Å². The molecule has 0 fully saturated rings. The van der Waals surface area contributed by atoms with Gasteiger partial charge in [0.05, 0.1) is 6.42 Å². The first-order valence-electron chi connectivity index (χ1n) is 8.02. The second-order valence-electron chi connectivity index (χ2n) is 5.87. The van der Waals surface area contributed by atoms with Gasteiger partial charge in [-0.15, -0.1) is 10.2 Å². The van der Waals surface area contributed by atoms with Crippen molar-refractivity contribution in [3.8, 4) is 0 Å². The molecule has 4 nitrogen and oxygen atoms in total. The second kappa shape index (κ2) is 7.98. The Morgan fingerprint density at radius 1 is 1.12 bits per heavy atom. The number of aromatic nitrogens is 2. The van der Waals surface area contributed by atoms with Crippen LogP contribution in [-0.2, 0) is 17.6 Å². The maximum Gasteiger partial charge on any atom is 0.230 e. The lowest BCUT2D eigenvalue weighted by atomic mass is 9.98. The molecule has 0 bridgehead atoms. The average Bonchev–Trinajstić information content (AvgIpc) is 3.04. The van der Waals surface area contributed by atoms with Crippen LogP contribution < -0.4 is 5.32 Å². The summed E-state index contributed by atoms with van der Waals surface area (Å²) < 4.78 is 12.9. The van der Waals surface area contributed by atoms with Crippen LogP contribution in [0.5, 0.6) is 0 Å². The molecule has 2 aromatic carbocycles. The van der Waals surface area contributed by atoms with E-state index >= 15 is 0 Å². The van der Waals surface area contributed by atoms with E-state index in [9.17, 15) is 9.18 Å². The fourth-order valence-electron chi connectivity index (χ4n) is 2.50. The van der Waals surface area contributed by atoms with Crippen molar-refractivity contribution >= 4 is 22.4 Å². The van der Waals surface area contributed by atoms with E-state index in [-0.39, 0.29) is 18.1 Å². The minimum atomic E-state index is -0.314. The smallest absolute Gasteiger partial charge is 0.230 e. The highest BCUT2D eigenvalue weighted by atomic mass is 32.1. The Hall–Kier alpha value is -2.60. The van der Waals surface area contributed by atoms with Crippen LogP contribution in [0.25, 0.3) is 0 Å². The number of rotatable bonds is 6. The number of benzene rings is 2. The molecule has 1 aromatic heterocycles. The van der Waals surface area contributed by atoms with Crippen LogP contribution in [0.2, 0.25) is 0 Å². The van der Waals surface area contributed by atoms with Gasteiger partial charge in [0.15, 0.2) is 0 Å². The van der Waals surface area contributed by atoms with Crippen LogP contribution in [0.3, 0.4) is 0 Å². The Labute approximate surface area is 149 Å². The molecule has 128 valence electrons. The van der Waals surface area contributed by atoms with Crippen LogP contribution in [0.1, 0.15) is 29.0 Å². The maximum absolute atomic E-state index is 12.9. The lowest BCUT2D eigenvalue weighted by Gasteiger charge is -2.08. The van der Waals surface area contributed by atoms with Gasteiger partial charge in [-0.05, 0) is 29.2 Å². The van der Waals surface area contributed by atoms with Crippen molar-refractivity contribution in [3.63, 3.8) is 0 Å². The van der Waals surface area contributed by atoms with Gasteiger partial charge in [0.25, 0.3) is 0 Å². The Morgan fingerprint density at radius 3 is 2.56 bits per heavy atom. The number of nitrogens with zero attached hydrogens (tertiary/aromatic N) is 2. The molecule has 1 N–H and O–H groups in total. The summed E-state index contributed by atoms with van der Waals surface area (Å²) in [5, 5.41) is 12.3. The molecule has 3 aromatic rings. The minimum absolute atomic E-state index is 0.176. The van der Waals surface area contributed by atoms with E-state index in [1.807, 2.05) is 18.2 Å². The number of hydrogen-bond donors (Lipinski definition) is 1. The summed E-state index contributed by atoms with van der Waals surface area (Å²) in [6.07, 6.45) is 0.950. The first-order chi connectivity index (χ1) is 12.1. The predicted octanol–water partition coefficient (Wildman–Crippen LogP) is 4.20. The van der Waals surface area contributed by atoms with E-state index in [0.29, 0.717) is 11.0 Å². The SMILES string of the molecule is C[C@@H](Cc1nnc(NC(=O)Cc2ccc(F)cc2)s1)c1ccccc1. The van der Waals surface area contributed by atoms with Crippen molar-refractivity contribution in [2.45, 2.75) is 25.7 Å². The number of nitrogens with one attached hydrogen (secondary N) is 1. The molecular formula is C19H18FN3OS. The molecule has 0 saturated carbocycles. The van der Waals surface area contributed by atoms with Crippen molar-refractivity contribution in [1.29, 1.82) is 0 Å². The van der Waals surface area contributed by atoms with Crippen LogP contribution in [0.15, 0.2) is 54.6 Å². The first-order valence-corrected chi connectivity index (χ1v) is 8.83. The van der Waals surface area contributed by atoms with Gasteiger partial charge in [-0.2, -0.15) is 0 Å². The number of carbonyl (C=O) groups is 1. The Balaban J connectivity index is 1.56. The van der Waals surface area contributed by atoms with Crippen LogP contribution in [0.4, 0.5) is 9.52 Å². The summed E-state index contributed by atoms with van der Waals surface area (Å²) >= 11 is 1.38. The topological polar surface area (TPSA) is 54.9 Å². The highest BCUT2D eigenvalue weighted by Gasteiger charge is 2.12. The summed E-state index contributed by atoms with van der Waals surface area (Å²) in [6, 6.07) is 16.1. The lowest BCUT2D eigenvalue weighted by Crippen LogP contribution is -2.14. The van der Waals surface area contributed by atoms with E-state index in [1.54, 1.807) is 12.1 Å². The predicted molar refractivity (Wildman–Crippen MR) is 97.2 cm³/mol. The molecule has 3 rings (SSSR count). The third kappa shape index (κ3) is 4.93. The van der Waals surface area contributed by atoms with Gasteiger partial charge in [0.1, 0.15) is 10.8 Å². The number of amides is 1. The number of anilines is 1. The van der Waals surface area contributed by atoms with Crippen molar-refractivity contribution in [1.82, 2.24) is 10.2 Å². The van der Waals surface area contributed by atoms with Crippen molar-refractivity contribution < 1.29 is 9.18 Å². The van der Waals surface area contributed by atoms with Crippen molar-refractivity contribution in [3.05, 3.63) is 76.5 Å². The average molecular weight is 355 g/mol. The lowest BCUT2D eigenvalue weighted by molar-refractivity contribution is -0.115. The van der Waals surface area contributed by atoms with E-state index < -0.39 is 0 Å². The molecule has 0 unspecified atom stereocenters. The fraction of sp³-hybridized carbons (Fsp3) is 0.211. The largest absolute Gasteiger partial charge is 0.300 e. The first kappa shape index (κ1) is 17.2. The number of hydrogen-bond acceptors (Lipinski definition) is 4. The summed E-state index contributed by atoms with van der Waals surface area (Å²) in [5.74, 6) is -0.173. The van der Waals surface area contributed by atoms with Gasteiger partial charge in [-0.25, -0.2) is 4.39 Å². The zero-order valence-corrected chi connectivity index (χ0v) is 14.6. The fourth-order valence-corrected chi connectivity index (χ4v) is 3.38. The summed E-state index contributed by atoms with van der Waals surface area (Å²) in [4.78, 5) is 12.1. The normalized spacial score (nSPS) is 11.9. The zero-order chi connectivity index (χ0) is 17.6. The third-order valence-electron chi connectivity index (χ3n) is 3.84. The Kier molecular flexibility index (Phi) is 5.50. The molecular weight excluding hydrogens is 337 g/mol. The third-order valence-corrected chi connectivity index (χ3v) is 4.70. The summed E-state index contributed by atoms with van der Waals surface area (Å²) in [5.41, 5.74) is 2.00. The van der Waals surface area contributed by atoms with Crippen LogP contribution >= 0.6 is 11.3 Å². The summed E-state index contributed by atoms with van der Waals surface area (Å²) in [7, 11) is 0. The quantitative estimate of drug-likeness (QED) is 0.721. The number of carbonyl (C=O) groups excluding carboxylic acids is 1. The zero-order valence-electron chi connectivity index (χ0n) is 13.8. The Morgan fingerprint density at radius 2 is 1.84 bits per heavy atom. The molecule has 0 saturated heterocycles. The van der Waals surface area contributed by atoms with Gasteiger partial charge in [-0.1, -0.05) is 60.7 Å². The highest BCUT2D eigenvalue weighted by Crippen LogP contribution is 2.24. The van der Waals surface area contributed by atoms with Crippen molar-refractivity contribution in [2.75, 3.05) is 5.32 Å². The van der Waals surface area contributed by atoms with E-state index in [1.165, 1.54) is 29.0 Å². The van der Waals surface area contributed by atoms with E-state index in [2.05, 4.69) is 34.6 Å². The number of halogens is 1. The molecule has 6 heteroatoms. The molecule has 0 spiro atoms. The molecule has 0 aliphatic carbocycles. The molecule has 0 aliphatic heterocycles. The highest BCUT2D eigenvalue weighted by molar-refractivity contribution is 7.15. The van der Waals surface area contributed by atoms with Crippen molar-refractivity contribution in [2.24, 2.45) is 0 Å². The van der Waals surface area contributed by atoms with Gasteiger partial charge in [-0.3, -0.25) is 4.79 Å². The molecule has 0 radical (unpaired) electrons. The molecule has 0 aliphatic rings. The molecule has 1 amide bonds. The Bertz CT molecular complexity index is 833. The summed E-state index contributed by atoms with van der Waals surface area (Å²) in [6.45, 7) is 2.14. The van der Waals surface area contributed by atoms with Gasteiger partial charge >= 0.3 is 0 Å². The van der Waals surface area contributed by atoms with Gasteiger partial charge < -0.3 is 5.32 Å². The molecule has 25 heavy (non-hydrogen) atoms. The standard InChI is InChI=1S/C19H18FN3OS/c1-13(15-5-3-2-4-6-15)11-18-22-23-19(25-18)21-17(24)12-14-7-9-16(20)10-8-14/h2-10,13H,11-12H2,1H3,(H,21,23,24)/t13-/m0/s1.